The maximum absolute atomic E-state index is 2.69. The van der Waals surface area contributed by atoms with E-state index in [1.54, 1.807) is 0 Å². The van der Waals surface area contributed by atoms with Crippen LogP contribution in [-0.4, -0.2) is 6.71 Å². The monoisotopic (exact) mass is 880 g/mol. The standard InChI is InChI=1S/C63H70BN3/c1-39-30-55-57-56(31-39)67(59-42(4)34-45(35-43(59)5)61(9,10)11)54-38-50-49(62(12,13)28-29-63(50,14)15)37-52(54)64(57)51-27-26-48(65(46-22-18-16-19-23-46)47-24-20-17-21-25-47)36-53(51)66(55)58-40(2)32-44(33-41(58)3)60(6,7)8/h16-27,30-38H,28-29H2,1-15H3. The van der Waals surface area contributed by atoms with Crippen molar-refractivity contribution in [2.24, 2.45) is 0 Å². The van der Waals surface area contributed by atoms with E-state index < -0.39 is 0 Å². The van der Waals surface area contributed by atoms with E-state index in [2.05, 4.69) is 246 Å². The van der Waals surface area contributed by atoms with Crippen molar-refractivity contribution in [3.63, 3.8) is 0 Å². The van der Waals surface area contributed by atoms with Gasteiger partial charge in [-0.15, -0.1) is 0 Å². The van der Waals surface area contributed by atoms with Gasteiger partial charge in [0.15, 0.2) is 0 Å². The summed E-state index contributed by atoms with van der Waals surface area (Å²) < 4.78 is 0. The van der Waals surface area contributed by atoms with Crippen molar-refractivity contribution in [1.29, 1.82) is 0 Å². The third-order valence-electron chi connectivity index (χ3n) is 15.6. The van der Waals surface area contributed by atoms with Crippen LogP contribution in [0.4, 0.5) is 51.2 Å². The van der Waals surface area contributed by atoms with Gasteiger partial charge in [0.25, 0.3) is 6.71 Å². The lowest BCUT2D eigenvalue weighted by Crippen LogP contribution is -2.62. The molecular formula is C63H70BN3. The highest BCUT2D eigenvalue weighted by Gasteiger charge is 2.47. The van der Waals surface area contributed by atoms with E-state index in [0.717, 1.165) is 17.1 Å². The summed E-state index contributed by atoms with van der Waals surface area (Å²) in [6, 6.07) is 49.2. The van der Waals surface area contributed by atoms with Crippen LogP contribution in [0.1, 0.15) is 132 Å². The van der Waals surface area contributed by atoms with Crippen LogP contribution in [-0.2, 0) is 21.7 Å². The number of rotatable bonds is 5. The molecule has 340 valence electrons. The fraction of sp³-hybridized carbons (Fsp3) is 0.333. The van der Waals surface area contributed by atoms with Gasteiger partial charge in [-0.25, -0.2) is 0 Å². The molecule has 0 N–H and O–H groups in total. The summed E-state index contributed by atoms with van der Waals surface area (Å²) in [5, 5.41) is 0. The van der Waals surface area contributed by atoms with Gasteiger partial charge in [0.2, 0.25) is 0 Å². The van der Waals surface area contributed by atoms with E-state index in [1.807, 2.05) is 0 Å². The summed E-state index contributed by atoms with van der Waals surface area (Å²) >= 11 is 0. The molecule has 3 nitrogen and oxygen atoms in total. The van der Waals surface area contributed by atoms with E-state index in [-0.39, 0.29) is 28.4 Å². The summed E-state index contributed by atoms with van der Waals surface area (Å²) in [6.07, 6.45) is 2.33. The quantitative estimate of drug-likeness (QED) is 0.160. The summed E-state index contributed by atoms with van der Waals surface area (Å²) in [4.78, 5) is 7.77. The Kier molecular flexibility index (Phi) is 10.4. The molecule has 2 aliphatic heterocycles. The Morgan fingerprint density at radius 1 is 0.448 bits per heavy atom. The van der Waals surface area contributed by atoms with Crippen molar-refractivity contribution in [3.05, 3.63) is 177 Å². The van der Waals surface area contributed by atoms with Crippen LogP contribution in [0.15, 0.2) is 127 Å². The van der Waals surface area contributed by atoms with Crippen LogP contribution in [0.2, 0.25) is 0 Å². The summed E-state index contributed by atoms with van der Waals surface area (Å²) in [5.74, 6) is 0. The van der Waals surface area contributed by atoms with Crippen LogP contribution in [0.25, 0.3) is 0 Å². The minimum atomic E-state index is 0.00844. The molecule has 2 heterocycles. The summed E-state index contributed by atoms with van der Waals surface area (Å²) in [5.41, 5.74) is 27.5. The third-order valence-corrected chi connectivity index (χ3v) is 15.6. The number of aryl methyl sites for hydroxylation is 5. The molecular weight excluding hydrogens is 810 g/mol. The number of anilines is 9. The third kappa shape index (κ3) is 7.33. The minimum absolute atomic E-state index is 0.00844. The van der Waals surface area contributed by atoms with Crippen molar-refractivity contribution >= 4 is 74.3 Å². The molecule has 67 heavy (non-hydrogen) atoms. The number of para-hydroxylation sites is 2. The van der Waals surface area contributed by atoms with Crippen molar-refractivity contribution in [2.45, 2.75) is 138 Å². The lowest BCUT2D eigenvalue weighted by atomic mass is 9.33. The fourth-order valence-electron chi connectivity index (χ4n) is 11.9. The van der Waals surface area contributed by atoms with Crippen LogP contribution >= 0.6 is 0 Å². The topological polar surface area (TPSA) is 9.72 Å². The molecule has 0 saturated carbocycles. The van der Waals surface area contributed by atoms with Gasteiger partial charge in [0.1, 0.15) is 0 Å². The van der Waals surface area contributed by atoms with E-state index in [0.29, 0.717) is 0 Å². The van der Waals surface area contributed by atoms with Gasteiger partial charge in [-0.3, -0.25) is 0 Å². The zero-order valence-electron chi connectivity index (χ0n) is 43.0. The van der Waals surface area contributed by atoms with Gasteiger partial charge >= 0.3 is 0 Å². The molecule has 0 aromatic heterocycles. The van der Waals surface area contributed by atoms with Gasteiger partial charge in [-0.2, -0.15) is 0 Å². The normalized spacial score (nSPS) is 15.7. The molecule has 0 radical (unpaired) electrons. The minimum Gasteiger partial charge on any atom is -0.311 e. The molecule has 3 aliphatic rings. The number of fused-ring (bicyclic) bond motifs is 5. The number of benzene rings is 7. The van der Waals surface area contributed by atoms with E-state index in [9.17, 15) is 0 Å². The van der Waals surface area contributed by atoms with Gasteiger partial charge in [-0.1, -0.05) is 142 Å². The second-order valence-electron chi connectivity index (χ2n) is 23.7. The number of nitrogens with zero attached hydrogens (tertiary/aromatic N) is 3. The van der Waals surface area contributed by atoms with E-state index in [4.69, 9.17) is 0 Å². The maximum Gasteiger partial charge on any atom is 0.252 e. The first-order valence-corrected chi connectivity index (χ1v) is 24.8. The summed E-state index contributed by atoms with van der Waals surface area (Å²) in [6.45, 7) is 35.6. The highest BCUT2D eigenvalue weighted by molar-refractivity contribution is 7.00. The van der Waals surface area contributed by atoms with E-state index in [1.165, 1.54) is 113 Å². The zero-order valence-corrected chi connectivity index (χ0v) is 43.0. The molecule has 0 bridgehead atoms. The van der Waals surface area contributed by atoms with Crippen molar-refractivity contribution in [1.82, 2.24) is 0 Å². The van der Waals surface area contributed by atoms with Crippen molar-refractivity contribution in [2.75, 3.05) is 14.7 Å². The number of hydrogen-bond donors (Lipinski definition) is 0. The van der Waals surface area contributed by atoms with Crippen molar-refractivity contribution < 1.29 is 0 Å². The Balaban J connectivity index is 1.34. The van der Waals surface area contributed by atoms with Gasteiger partial charge in [0, 0.05) is 39.8 Å². The fourth-order valence-corrected chi connectivity index (χ4v) is 11.9. The largest absolute Gasteiger partial charge is 0.311 e. The predicted molar refractivity (Wildman–Crippen MR) is 292 cm³/mol. The lowest BCUT2D eigenvalue weighted by Gasteiger charge is -2.48. The average Bonchev–Trinajstić information content (AvgIpc) is 3.26. The van der Waals surface area contributed by atoms with Crippen LogP contribution in [0.5, 0.6) is 0 Å². The number of hydrogen-bond acceptors (Lipinski definition) is 3. The first-order valence-electron chi connectivity index (χ1n) is 24.8. The lowest BCUT2D eigenvalue weighted by molar-refractivity contribution is 0.332. The molecule has 0 unspecified atom stereocenters. The Hall–Kier alpha value is -6.00. The molecule has 0 atom stereocenters. The van der Waals surface area contributed by atoms with Crippen LogP contribution in [0, 0.1) is 34.6 Å². The molecule has 0 saturated heterocycles. The molecule has 0 amide bonds. The highest BCUT2D eigenvalue weighted by Crippen LogP contribution is 2.53. The Morgan fingerprint density at radius 2 is 0.866 bits per heavy atom. The molecule has 1 aliphatic carbocycles. The second-order valence-corrected chi connectivity index (χ2v) is 23.7. The van der Waals surface area contributed by atoms with Crippen LogP contribution < -0.4 is 31.1 Å². The smallest absolute Gasteiger partial charge is 0.252 e. The van der Waals surface area contributed by atoms with Gasteiger partial charge in [-0.05, 0) is 190 Å². The average molecular weight is 880 g/mol. The SMILES string of the molecule is Cc1cc2c3c(c1)N(c1c(C)cc(C(C)(C)C)cc1C)c1cc4c(cc1B3c1ccc(N(c3ccccc3)c3ccccc3)cc1N2c1c(C)cc(C(C)(C)C)cc1C)C(C)(C)CCC4(C)C. The molecule has 10 rings (SSSR count). The van der Waals surface area contributed by atoms with E-state index >= 15 is 0 Å². The molecule has 4 heteroatoms. The maximum atomic E-state index is 2.69. The highest BCUT2D eigenvalue weighted by atomic mass is 15.2. The Bertz CT molecular complexity index is 3020. The predicted octanol–water partition coefficient (Wildman–Crippen LogP) is 15.7. The second kappa shape index (κ2) is 15.5. The summed E-state index contributed by atoms with van der Waals surface area (Å²) in [7, 11) is 0. The Labute approximate surface area is 403 Å². The first-order chi connectivity index (χ1) is 31.5. The van der Waals surface area contributed by atoms with Gasteiger partial charge < -0.3 is 14.7 Å². The molecule has 0 fully saturated rings. The molecule has 7 aromatic carbocycles. The molecule has 7 aromatic rings. The van der Waals surface area contributed by atoms with Crippen LogP contribution in [0.3, 0.4) is 0 Å². The first kappa shape index (κ1) is 44.8. The Morgan fingerprint density at radius 3 is 1.30 bits per heavy atom. The molecule has 0 spiro atoms. The van der Waals surface area contributed by atoms with Gasteiger partial charge in [0.05, 0.1) is 11.4 Å². The zero-order chi connectivity index (χ0) is 47.7. The van der Waals surface area contributed by atoms with Crippen molar-refractivity contribution in [3.8, 4) is 0 Å².